The van der Waals surface area contributed by atoms with Gasteiger partial charge in [-0.25, -0.2) is 9.59 Å². The van der Waals surface area contributed by atoms with Crippen LogP contribution in [0.1, 0.15) is 26.5 Å². The molecule has 1 unspecified atom stereocenters. The molecule has 20 heavy (non-hydrogen) atoms. The smallest absolute Gasteiger partial charge is 0.408 e. The first-order valence-corrected chi connectivity index (χ1v) is 6.38. The van der Waals surface area contributed by atoms with E-state index in [-0.39, 0.29) is 6.42 Å². The van der Waals surface area contributed by atoms with Gasteiger partial charge in [0.25, 0.3) is 0 Å². The monoisotopic (exact) mass is 300 g/mol. The molecule has 0 aliphatic rings. The standard InChI is InChI=1S/C13H17ClN2O4/c1-13(2,3)20-12(19)16-10(11(17)18)7-9-8(14)5-4-6-15-9/h4-6,10H,7H2,1-3H3,(H,16,19)(H,17,18). The Morgan fingerprint density at radius 3 is 2.65 bits per heavy atom. The Balaban J connectivity index is 2.74. The molecule has 0 aliphatic heterocycles. The van der Waals surface area contributed by atoms with Crippen LogP contribution in [-0.4, -0.2) is 33.8 Å². The zero-order valence-electron chi connectivity index (χ0n) is 11.5. The van der Waals surface area contributed by atoms with Crippen molar-refractivity contribution in [2.75, 3.05) is 0 Å². The molecule has 0 saturated heterocycles. The molecule has 1 aromatic rings. The molecule has 110 valence electrons. The molecule has 6 nitrogen and oxygen atoms in total. The van der Waals surface area contributed by atoms with Gasteiger partial charge >= 0.3 is 12.1 Å². The van der Waals surface area contributed by atoms with Crippen LogP contribution in [0.25, 0.3) is 0 Å². The predicted molar refractivity (Wildman–Crippen MR) is 73.7 cm³/mol. The lowest BCUT2D eigenvalue weighted by molar-refractivity contribution is -0.139. The molecule has 0 fully saturated rings. The number of alkyl carbamates (subject to hydrolysis) is 1. The predicted octanol–water partition coefficient (Wildman–Crippen LogP) is 2.26. The van der Waals surface area contributed by atoms with Crippen molar-refractivity contribution >= 4 is 23.7 Å². The Hall–Kier alpha value is -1.82. The zero-order valence-corrected chi connectivity index (χ0v) is 12.3. The summed E-state index contributed by atoms with van der Waals surface area (Å²) in [6, 6.07) is 2.09. The molecule has 1 amide bonds. The summed E-state index contributed by atoms with van der Waals surface area (Å²) >= 11 is 5.92. The van der Waals surface area contributed by atoms with Crippen LogP contribution in [0.15, 0.2) is 18.3 Å². The molecule has 7 heteroatoms. The number of aromatic nitrogens is 1. The highest BCUT2D eigenvalue weighted by atomic mass is 35.5. The Kier molecular flexibility index (Phi) is 5.33. The van der Waals surface area contributed by atoms with Crippen molar-refractivity contribution in [3.8, 4) is 0 Å². The number of amides is 1. The molecule has 1 atom stereocenters. The molecule has 0 aliphatic carbocycles. The maximum Gasteiger partial charge on any atom is 0.408 e. The lowest BCUT2D eigenvalue weighted by Gasteiger charge is -2.22. The van der Waals surface area contributed by atoms with Crippen LogP contribution in [0.3, 0.4) is 0 Å². The van der Waals surface area contributed by atoms with Gasteiger partial charge in [-0.2, -0.15) is 0 Å². The maximum absolute atomic E-state index is 11.6. The minimum atomic E-state index is -1.18. The van der Waals surface area contributed by atoms with Crippen LogP contribution in [0.4, 0.5) is 4.79 Å². The fraction of sp³-hybridized carbons (Fsp3) is 0.462. The maximum atomic E-state index is 11.6. The van der Waals surface area contributed by atoms with Crippen molar-refractivity contribution in [1.29, 1.82) is 0 Å². The molecule has 2 N–H and O–H groups in total. The molecular weight excluding hydrogens is 284 g/mol. The molecule has 0 radical (unpaired) electrons. The molecular formula is C13H17ClN2O4. The van der Waals surface area contributed by atoms with Crippen molar-refractivity contribution in [2.24, 2.45) is 0 Å². The van der Waals surface area contributed by atoms with E-state index in [2.05, 4.69) is 10.3 Å². The average molecular weight is 301 g/mol. The van der Waals surface area contributed by atoms with E-state index in [4.69, 9.17) is 21.4 Å². The Labute approximate surface area is 122 Å². The topological polar surface area (TPSA) is 88.5 Å². The van der Waals surface area contributed by atoms with Crippen molar-refractivity contribution in [2.45, 2.75) is 38.8 Å². The van der Waals surface area contributed by atoms with E-state index < -0.39 is 23.7 Å². The summed E-state index contributed by atoms with van der Waals surface area (Å²) in [5.74, 6) is -1.18. The van der Waals surface area contributed by atoms with Crippen LogP contribution in [-0.2, 0) is 16.0 Å². The minimum absolute atomic E-state index is 0.0196. The number of halogens is 1. The molecule has 0 aromatic carbocycles. The van der Waals surface area contributed by atoms with Crippen molar-refractivity contribution < 1.29 is 19.4 Å². The van der Waals surface area contributed by atoms with Gasteiger partial charge in [0.1, 0.15) is 11.6 Å². The second-order valence-electron chi connectivity index (χ2n) is 5.17. The fourth-order valence-corrected chi connectivity index (χ4v) is 1.61. The van der Waals surface area contributed by atoms with Crippen LogP contribution in [0, 0.1) is 0 Å². The molecule has 1 rings (SSSR count). The highest BCUT2D eigenvalue weighted by molar-refractivity contribution is 6.31. The molecule has 0 bridgehead atoms. The number of rotatable bonds is 4. The Morgan fingerprint density at radius 1 is 1.50 bits per heavy atom. The Bertz CT molecular complexity index is 499. The third-order valence-electron chi connectivity index (χ3n) is 2.22. The van der Waals surface area contributed by atoms with Gasteiger partial charge in [-0.05, 0) is 32.9 Å². The van der Waals surface area contributed by atoms with Gasteiger partial charge in [-0.3, -0.25) is 4.98 Å². The van der Waals surface area contributed by atoms with E-state index in [1.807, 2.05) is 0 Å². The average Bonchev–Trinajstić information content (AvgIpc) is 2.28. The number of nitrogens with zero attached hydrogens (tertiary/aromatic N) is 1. The third kappa shape index (κ3) is 5.44. The number of nitrogens with one attached hydrogen (secondary N) is 1. The van der Waals surface area contributed by atoms with Gasteiger partial charge in [0.2, 0.25) is 0 Å². The summed E-state index contributed by atoms with van der Waals surface area (Å²) in [5.41, 5.74) is -0.298. The largest absolute Gasteiger partial charge is 0.480 e. The van der Waals surface area contributed by atoms with Gasteiger partial charge in [-0.1, -0.05) is 11.6 Å². The molecule has 0 spiro atoms. The molecule has 0 saturated carbocycles. The second kappa shape index (κ2) is 6.56. The number of hydrogen-bond acceptors (Lipinski definition) is 4. The number of pyridine rings is 1. The van der Waals surface area contributed by atoms with Crippen molar-refractivity contribution in [3.63, 3.8) is 0 Å². The summed E-state index contributed by atoms with van der Waals surface area (Å²) in [6.07, 6.45) is 0.693. The van der Waals surface area contributed by atoms with Crippen molar-refractivity contribution in [1.82, 2.24) is 10.3 Å². The normalized spacial score (nSPS) is 12.6. The summed E-state index contributed by atoms with van der Waals surface area (Å²) in [5, 5.41) is 11.8. The summed E-state index contributed by atoms with van der Waals surface area (Å²) < 4.78 is 5.02. The highest BCUT2D eigenvalue weighted by Crippen LogP contribution is 2.14. The van der Waals surface area contributed by atoms with E-state index >= 15 is 0 Å². The second-order valence-corrected chi connectivity index (χ2v) is 5.58. The van der Waals surface area contributed by atoms with Crippen LogP contribution in [0.5, 0.6) is 0 Å². The first-order valence-electron chi connectivity index (χ1n) is 6.01. The van der Waals surface area contributed by atoms with Crippen LogP contribution >= 0.6 is 11.6 Å². The van der Waals surface area contributed by atoms with E-state index in [0.29, 0.717) is 10.7 Å². The van der Waals surface area contributed by atoms with E-state index in [9.17, 15) is 9.59 Å². The van der Waals surface area contributed by atoms with E-state index in [0.717, 1.165) is 0 Å². The van der Waals surface area contributed by atoms with E-state index in [1.165, 1.54) is 6.20 Å². The van der Waals surface area contributed by atoms with E-state index in [1.54, 1.807) is 32.9 Å². The van der Waals surface area contributed by atoms with Crippen LogP contribution in [0.2, 0.25) is 5.02 Å². The third-order valence-corrected chi connectivity index (χ3v) is 2.57. The van der Waals surface area contributed by atoms with Crippen LogP contribution < -0.4 is 5.32 Å². The van der Waals surface area contributed by atoms with Crippen molar-refractivity contribution in [3.05, 3.63) is 29.0 Å². The number of carbonyl (C=O) groups excluding carboxylic acids is 1. The zero-order chi connectivity index (χ0) is 15.3. The van der Waals surface area contributed by atoms with Gasteiger partial charge in [0, 0.05) is 12.6 Å². The lowest BCUT2D eigenvalue weighted by atomic mass is 10.1. The molecule has 1 aromatic heterocycles. The number of carbonyl (C=O) groups is 2. The number of hydrogen-bond donors (Lipinski definition) is 2. The summed E-state index contributed by atoms with van der Waals surface area (Å²) in [7, 11) is 0. The number of carboxylic acid groups (broad SMARTS) is 1. The first-order chi connectivity index (χ1) is 9.19. The minimum Gasteiger partial charge on any atom is -0.480 e. The van der Waals surface area contributed by atoms with Gasteiger partial charge < -0.3 is 15.2 Å². The summed E-state index contributed by atoms with van der Waals surface area (Å²) in [4.78, 5) is 26.8. The van der Waals surface area contributed by atoms with Gasteiger partial charge in [0.15, 0.2) is 0 Å². The quantitative estimate of drug-likeness (QED) is 0.890. The SMILES string of the molecule is CC(C)(C)OC(=O)NC(Cc1ncccc1Cl)C(=O)O. The van der Waals surface area contributed by atoms with Gasteiger partial charge in [-0.15, -0.1) is 0 Å². The lowest BCUT2D eigenvalue weighted by Crippen LogP contribution is -2.44. The first kappa shape index (κ1) is 16.2. The summed E-state index contributed by atoms with van der Waals surface area (Å²) in [6.45, 7) is 5.08. The fourth-order valence-electron chi connectivity index (χ4n) is 1.41. The highest BCUT2D eigenvalue weighted by Gasteiger charge is 2.25. The number of aliphatic carboxylic acids is 1. The van der Waals surface area contributed by atoms with Gasteiger partial charge in [0.05, 0.1) is 10.7 Å². The molecule has 1 heterocycles. The Morgan fingerprint density at radius 2 is 2.15 bits per heavy atom. The number of carboxylic acids is 1. The number of ether oxygens (including phenoxy) is 1.